The van der Waals surface area contributed by atoms with Crippen molar-refractivity contribution in [1.82, 2.24) is 5.32 Å². The molecule has 0 amide bonds. The molecule has 1 N–H and O–H groups in total. The summed E-state index contributed by atoms with van der Waals surface area (Å²) in [7, 11) is -3.20. The Balaban J connectivity index is 2.52. The maximum atomic E-state index is 12.3. The quantitative estimate of drug-likeness (QED) is 0.932. The molecule has 17 heavy (non-hydrogen) atoms. The van der Waals surface area contributed by atoms with Gasteiger partial charge in [-0.2, -0.15) is 0 Å². The molecule has 0 bridgehead atoms. The second kappa shape index (κ2) is 4.71. The average molecular weight is 318 g/mol. The normalized spacial score (nSPS) is 25.8. The molecular weight excluding hydrogens is 302 g/mol. The summed E-state index contributed by atoms with van der Waals surface area (Å²) in [4.78, 5) is 0.459. The molecule has 0 saturated carbocycles. The number of halogens is 1. The lowest BCUT2D eigenvalue weighted by molar-refractivity contribution is 0.515. The van der Waals surface area contributed by atoms with Gasteiger partial charge in [-0.15, -0.1) is 0 Å². The van der Waals surface area contributed by atoms with Gasteiger partial charge in [0.1, 0.15) is 0 Å². The molecule has 1 heterocycles. The van der Waals surface area contributed by atoms with E-state index < -0.39 is 15.1 Å². The SMILES string of the molecule is CCCNC1c2cccc(Br)c2S(=O)(=O)C1C. The molecule has 0 aliphatic carbocycles. The van der Waals surface area contributed by atoms with Gasteiger partial charge in [0.15, 0.2) is 9.84 Å². The highest BCUT2D eigenvalue weighted by Crippen LogP contribution is 2.42. The minimum Gasteiger partial charge on any atom is -0.309 e. The van der Waals surface area contributed by atoms with E-state index in [1.54, 1.807) is 13.0 Å². The van der Waals surface area contributed by atoms with Gasteiger partial charge in [-0.1, -0.05) is 19.1 Å². The van der Waals surface area contributed by atoms with Crippen molar-refractivity contribution in [3.8, 4) is 0 Å². The van der Waals surface area contributed by atoms with Crippen molar-refractivity contribution in [1.29, 1.82) is 0 Å². The first-order valence-electron chi connectivity index (χ1n) is 5.75. The number of nitrogens with one attached hydrogen (secondary N) is 1. The molecule has 0 radical (unpaired) electrons. The number of hydrogen-bond donors (Lipinski definition) is 1. The van der Waals surface area contributed by atoms with Crippen LogP contribution < -0.4 is 5.32 Å². The molecule has 1 aromatic carbocycles. The highest BCUT2D eigenvalue weighted by molar-refractivity contribution is 9.10. The van der Waals surface area contributed by atoms with E-state index in [9.17, 15) is 8.42 Å². The first kappa shape index (κ1) is 13.1. The highest BCUT2D eigenvalue weighted by atomic mass is 79.9. The van der Waals surface area contributed by atoms with Gasteiger partial charge >= 0.3 is 0 Å². The summed E-state index contributed by atoms with van der Waals surface area (Å²) in [6, 6.07) is 5.48. The van der Waals surface area contributed by atoms with Crippen molar-refractivity contribution in [3.05, 3.63) is 28.2 Å². The summed E-state index contributed by atoms with van der Waals surface area (Å²) >= 11 is 3.34. The average Bonchev–Trinajstić information content (AvgIpc) is 2.47. The third-order valence-electron chi connectivity index (χ3n) is 3.19. The van der Waals surface area contributed by atoms with E-state index in [1.165, 1.54) is 0 Å². The van der Waals surface area contributed by atoms with Crippen LogP contribution in [0, 0.1) is 0 Å². The first-order chi connectivity index (χ1) is 8.00. The second-order valence-electron chi connectivity index (χ2n) is 4.34. The Kier molecular flexibility index (Phi) is 3.61. The largest absolute Gasteiger partial charge is 0.309 e. The Labute approximate surface area is 111 Å². The minimum absolute atomic E-state index is 0.0903. The third kappa shape index (κ3) is 2.04. The Morgan fingerprint density at radius 3 is 2.76 bits per heavy atom. The maximum absolute atomic E-state index is 12.3. The van der Waals surface area contributed by atoms with Crippen LogP contribution in [0.2, 0.25) is 0 Å². The zero-order valence-electron chi connectivity index (χ0n) is 9.90. The smallest absolute Gasteiger partial charge is 0.184 e. The van der Waals surface area contributed by atoms with Crippen molar-refractivity contribution < 1.29 is 8.42 Å². The fourth-order valence-corrected chi connectivity index (χ4v) is 5.16. The van der Waals surface area contributed by atoms with E-state index in [0.29, 0.717) is 9.37 Å². The minimum atomic E-state index is -3.20. The van der Waals surface area contributed by atoms with E-state index in [1.807, 2.05) is 12.1 Å². The molecule has 1 aliphatic heterocycles. The van der Waals surface area contributed by atoms with Crippen LogP contribution in [-0.4, -0.2) is 20.2 Å². The van der Waals surface area contributed by atoms with Gasteiger partial charge in [0.05, 0.1) is 16.2 Å². The topological polar surface area (TPSA) is 46.2 Å². The van der Waals surface area contributed by atoms with Crippen molar-refractivity contribution in [2.45, 2.75) is 36.5 Å². The lowest BCUT2D eigenvalue weighted by atomic mass is 10.0. The van der Waals surface area contributed by atoms with Gasteiger partial charge in [-0.25, -0.2) is 8.42 Å². The van der Waals surface area contributed by atoms with E-state index in [-0.39, 0.29) is 6.04 Å². The molecule has 2 atom stereocenters. The Morgan fingerprint density at radius 2 is 2.12 bits per heavy atom. The van der Waals surface area contributed by atoms with E-state index in [0.717, 1.165) is 18.5 Å². The fraction of sp³-hybridized carbons (Fsp3) is 0.500. The lowest BCUT2D eigenvalue weighted by Crippen LogP contribution is -2.30. The Bertz CT molecular complexity index is 527. The van der Waals surface area contributed by atoms with Crippen molar-refractivity contribution in [3.63, 3.8) is 0 Å². The summed E-state index contributed by atoms with van der Waals surface area (Å²) in [5, 5.41) is 2.92. The molecular formula is C12H16BrNO2S. The number of benzene rings is 1. The molecule has 2 unspecified atom stereocenters. The monoisotopic (exact) mass is 317 g/mol. The molecule has 0 spiro atoms. The molecule has 3 nitrogen and oxygen atoms in total. The first-order valence-corrected chi connectivity index (χ1v) is 8.09. The van der Waals surface area contributed by atoms with Gasteiger partial charge in [0.2, 0.25) is 0 Å². The van der Waals surface area contributed by atoms with E-state index >= 15 is 0 Å². The molecule has 5 heteroatoms. The van der Waals surface area contributed by atoms with Gasteiger partial charge < -0.3 is 5.32 Å². The van der Waals surface area contributed by atoms with Crippen LogP contribution in [0.1, 0.15) is 31.9 Å². The molecule has 0 saturated heterocycles. The standard InChI is InChI=1S/C12H16BrNO2S/c1-3-7-14-11-8(2)17(15,16)12-9(11)5-4-6-10(12)13/h4-6,8,11,14H,3,7H2,1-2H3. The molecule has 0 fully saturated rings. The molecule has 2 rings (SSSR count). The zero-order chi connectivity index (χ0) is 12.6. The third-order valence-corrected chi connectivity index (χ3v) is 6.39. The molecule has 94 valence electrons. The van der Waals surface area contributed by atoms with E-state index in [4.69, 9.17) is 0 Å². The second-order valence-corrected chi connectivity index (χ2v) is 7.44. The van der Waals surface area contributed by atoms with Gasteiger partial charge in [0.25, 0.3) is 0 Å². The highest BCUT2D eigenvalue weighted by Gasteiger charge is 2.42. The zero-order valence-corrected chi connectivity index (χ0v) is 12.3. The number of hydrogen-bond acceptors (Lipinski definition) is 3. The lowest BCUT2D eigenvalue weighted by Gasteiger charge is -2.16. The molecule has 1 aliphatic rings. The van der Waals surface area contributed by atoms with Crippen LogP contribution in [0.4, 0.5) is 0 Å². The fourth-order valence-electron chi connectivity index (χ4n) is 2.26. The van der Waals surface area contributed by atoms with Gasteiger partial charge in [0, 0.05) is 4.47 Å². The van der Waals surface area contributed by atoms with Crippen LogP contribution in [0.3, 0.4) is 0 Å². The molecule has 0 aromatic heterocycles. The van der Waals surface area contributed by atoms with E-state index in [2.05, 4.69) is 28.2 Å². The molecule has 1 aromatic rings. The maximum Gasteiger partial charge on any atom is 0.184 e. The number of sulfone groups is 1. The predicted molar refractivity (Wildman–Crippen MR) is 71.8 cm³/mol. The Morgan fingerprint density at radius 1 is 1.41 bits per heavy atom. The van der Waals surface area contributed by atoms with Gasteiger partial charge in [-0.05, 0) is 47.4 Å². The van der Waals surface area contributed by atoms with Crippen molar-refractivity contribution in [2.75, 3.05) is 6.54 Å². The summed E-state index contributed by atoms with van der Waals surface area (Å²) in [5.41, 5.74) is 0.889. The van der Waals surface area contributed by atoms with Crippen LogP contribution in [-0.2, 0) is 9.84 Å². The summed E-state index contributed by atoms with van der Waals surface area (Å²) in [6.45, 7) is 4.68. The van der Waals surface area contributed by atoms with Crippen LogP contribution in [0.25, 0.3) is 0 Å². The van der Waals surface area contributed by atoms with Crippen molar-refractivity contribution >= 4 is 25.8 Å². The predicted octanol–water partition coefficient (Wildman–Crippen LogP) is 2.67. The number of fused-ring (bicyclic) bond motifs is 1. The Hall–Kier alpha value is -0.390. The summed E-state index contributed by atoms with van der Waals surface area (Å²) in [6.07, 6.45) is 0.993. The van der Waals surface area contributed by atoms with Crippen LogP contribution in [0.5, 0.6) is 0 Å². The number of rotatable bonds is 3. The summed E-state index contributed by atoms with van der Waals surface area (Å²) < 4.78 is 25.3. The summed E-state index contributed by atoms with van der Waals surface area (Å²) in [5.74, 6) is 0. The van der Waals surface area contributed by atoms with Crippen LogP contribution >= 0.6 is 15.9 Å². The van der Waals surface area contributed by atoms with Gasteiger partial charge in [-0.3, -0.25) is 0 Å². The van der Waals surface area contributed by atoms with Crippen LogP contribution in [0.15, 0.2) is 27.6 Å². The van der Waals surface area contributed by atoms with Crippen molar-refractivity contribution in [2.24, 2.45) is 0 Å².